The van der Waals surface area contributed by atoms with E-state index in [1.54, 1.807) is 0 Å². The molecule has 1 aromatic rings. The van der Waals surface area contributed by atoms with Crippen molar-refractivity contribution in [3.05, 3.63) is 17.7 Å². The first-order chi connectivity index (χ1) is 8.70. The fraction of sp³-hybridized carbons (Fsp3) is 0.533. The number of nitrogens with two attached hydrogens (primary N) is 1. The highest BCUT2D eigenvalue weighted by molar-refractivity contribution is 6.00. The molecule has 0 saturated carbocycles. The highest BCUT2D eigenvalue weighted by Crippen LogP contribution is 2.36. The number of benzene rings is 1. The van der Waals surface area contributed by atoms with Gasteiger partial charge in [0, 0.05) is 18.8 Å². The largest absolute Gasteiger partial charge is 0.397 e. The molecule has 0 spiro atoms. The van der Waals surface area contributed by atoms with Crippen LogP contribution in [0.25, 0.3) is 0 Å². The van der Waals surface area contributed by atoms with E-state index in [9.17, 15) is 4.79 Å². The van der Waals surface area contributed by atoms with Crippen molar-refractivity contribution >= 4 is 23.0 Å². The van der Waals surface area contributed by atoms with E-state index in [1.165, 1.54) is 0 Å². The summed E-state index contributed by atoms with van der Waals surface area (Å²) in [5.41, 5.74) is 9.88. The molecule has 0 fully saturated rings. The molecule has 2 rings (SSSR count). The summed E-state index contributed by atoms with van der Waals surface area (Å²) in [6.07, 6.45) is 0.429. The molecule has 0 saturated heterocycles. The van der Waals surface area contributed by atoms with Gasteiger partial charge in [0.1, 0.15) is 0 Å². The van der Waals surface area contributed by atoms with E-state index in [0.717, 1.165) is 22.6 Å². The van der Waals surface area contributed by atoms with Gasteiger partial charge in [-0.1, -0.05) is 20.8 Å². The van der Waals surface area contributed by atoms with Crippen LogP contribution < -0.4 is 16.0 Å². The Hall–Kier alpha value is -1.71. The molecule has 3 N–H and O–H groups in total. The minimum Gasteiger partial charge on any atom is -0.397 e. The van der Waals surface area contributed by atoms with Crippen LogP contribution in [0.5, 0.6) is 0 Å². The van der Waals surface area contributed by atoms with Gasteiger partial charge in [-0.05, 0) is 30.0 Å². The van der Waals surface area contributed by atoms with Gasteiger partial charge in [0.15, 0.2) is 0 Å². The Kier molecular flexibility index (Phi) is 3.20. The molecule has 0 bridgehead atoms. The quantitative estimate of drug-likeness (QED) is 0.805. The van der Waals surface area contributed by atoms with E-state index in [4.69, 9.17) is 5.73 Å². The van der Waals surface area contributed by atoms with Gasteiger partial charge in [0.25, 0.3) is 0 Å². The van der Waals surface area contributed by atoms with E-state index >= 15 is 0 Å². The van der Waals surface area contributed by atoms with Crippen LogP contribution in [0.1, 0.15) is 33.3 Å². The topological polar surface area (TPSA) is 58.4 Å². The zero-order chi connectivity index (χ0) is 14.4. The number of fused-ring (bicyclic) bond motifs is 1. The molecule has 4 nitrogen and oxygen atoms in total. The molecule has 1 atom stereocenters. The Bertz CT molecular complexity index is 517. The summed E-state index contributed by atoms with van der Waals surface area (Å²) < 4.78 is 0. The third-order valence-corrected chi connectivity index (χ3v) is 4.09. The molecule has 0 radical (unpaired) electrons. The normalized spacial score (nSPS) is 15.9. The van der Waals surface area contributed by atoms with Gasteiger partial charge in [-0.3, -0.25) is 4.79 Å². The molecule has 1 aliphatic heterocycles. The van der Waals surface area contributed by atoms with E-state index in [-0.39, 0.29) is 11.3 Å². The first-order valence-corrected chi connectivity index (χ1v) is 6.65. The Morgan fingerprint density at radius 3 is 2.58 bits per heavy atom. The van der Waals surface area contributed by atoms with Crippen LogP contribution >= 0.6 is 0 Å². The second kappa shape index (κ2) is 4.44. The second-order valence-electron chi connectivity index (χ2n) is 6.45. The summed E-state index contributed by atoms with van der Waals surface area (Å²) in [5.74, 6) is 0.0399. The third-order valence-electron chi connectivity index (χ3n) is 4.09. The zero-order valence-corrected chi connectivity index (χ0v) is 12.4. The smallest absolute Gasteiger partial charge is 0.228 e. The number of rotatable bonds is 2. The maximum absolute atomic E-state index is 11.4. The maximum atomic E-state index is 11.4. The van der Waals surface area contributed by atoms with Crippen molar-refractivity contribution in [1.82, 2.24) is 0 Å². The predicted octanol–water partition coefficient (Wildman–Crippen LogP) is 2.63. The van der Waals surface area contributed by atoms with Crippen molar-refractivity contribution in [2.45, 2.75) is 40.2 Å². The van der Waals surface area contributed by atoms with Crippen LogP contribution in [0.2, 0.25) is 0 Å². The Morgan fingerprint density at radius 1 is 1.37 bits per heavy atom. The predicted molar refractivity (Wildman–Crippen MR) is 80.5 cm³/mol. The van der Waals surface area contributed by atoms with Gasteiger partial charge in [0.2, 0.25) is 5.91 Å². The number of hydrogen-bond acceptors (Lipinski definition) is 3. The number of carbonyl (C=O) groups is 1. The first-order valence-electron chi connectivity index (χ1n) is 6.65. The molecule has 1 unspecified atom stereocenters. The number of nitrogens with zero attached hydrogens (tertiary/aromatic N) is 1. The first kappa shape index (κ1) is 13.7. The highest BCUT2D eigenvalue weighted by Gasteiger charge is 2.27. The summed E-state index contributed by atoms with van der Waals surface area (Å²) in [6, 6.07) is 4.23. The van der Waals surface area contributed by atoms with Gasteiger partial charge in [0.05, 0.1) is 17.8 Å². The van der Waals surface area contributed by atoms with Gasteiger partial charge < -0.3 is 16.0 Å². The van der Waals surface area contributed by atoms with E-state index in [2.05, 4.69) is 37.9 Å². The third kappa shape index (κ3) is 2.53. The molecule has 4 heteroatoms. The van der Waals surface area contributed by atoms with Crippen LogP contribution in [0, 0.1) is 5.41 Å². The maximum Gasteiger partial charge on any atom is 0.228 e. The van der Waals surface area contributed by atoms with E-state index in [1.807, 2.05) is 19.2 Å². The van der Waals surface area contributed by atoms with Gasteiger partial charge in [-0.15, -0.1) is 0 Å². The van der Waals surface area contributed by atoms with Gasteiger partial charge in [-0.25, -0.2) is 0 Å². The number of hydrogen-bond donors (Lipinski definition) is 2. The van der Waals surface area contributed by atoms with Crippen LogP contribution in [-0.2, 0) is 11.2 Å². The van der Waals surface area contributed by atoms with Crippen LogP contribution in [0.3, 0.4) is 0 Å². The lowest BCUT2D eigenvalue weighted by Crippen LogP contribution is -2.39. The fourth-order valence-corrected chi connectivity index (χ4v) is 2.38. The minimum atomic E-state index is 0.0399. The Balaban J connectivity index is 2.36. The summed E-state index contributed by atoms with van der Waals surface area (Å²) in [7, 11) is 2.05. The summed E-state index contributed by atoms with van der Waals surface area (Å²) in [4.78, 5) is 13.6. The number of anilines is 3. The number of nitrogens with one attached hydrogen (secondary N) is 1. The Labute approximate surface area is 115 Å². The van der Waals surface area contributed by atoms with Crippen molar-refractivity contribution < 1.29 is 4.79 Å². The van der Waals surface area contributed by atoms with Crippen molar-refractivity contribution in [2.24, 2.45) is 5.41 Å². The SMILES string of the molecule is CC(N(C)c1cc2c(cc1N)CC(=O)N2)C(C)(C)C. The van der Waals surface area contributed by atoms with E-state index < -0.39 is 0 Å². The number of nitrogen functional groups attached to an aromatic ring is 1. The van der Waals surface area contributed by atoms with E-state index in [0.29, 0.717) is 12.5 Å². The molecule has 19 heavy (non-hydrogen) atoms. The van der Waals surface area contributed by atoms with Crippen LogP contribution in [0.4, 0.5) is 17.1 Å². The summed E-state index contributed by atoms with van der Waals surface area (Å²) >= 11 is 0. The zero-order valence-electron chi connectivity index (χ0n) is 12.4. The lowest BCUT2D eigenvalue weighted by Gasteiger charge is -2.37. The molecular formula is C15H23N3O. The average Bonchev–Trinajstić information content (AvgIpc) is 2.64. The molecule has 104 valence electrons. The highest BCUT2D eigenvalue weighted by atomic mass is 16.1. The molecule has 1 aliphatic rings. The molecule has 1 amide bonds. The summed E-state index contributed by atoms with van der Waals surface area (Å²) in [6.45, 7) is 8.81. The lowest BCUT2D eigenvalue weighted by molar-refractivity contribution is -0.115. The fourth-order valence-electron chi connectivity index (χ4n) is 2.38. The monoisotopic (exact) mass is 261 g/mol. The standard InChI is InChI=1S/C15H23N3O/c1-9(15(2,3)4)18(5)13-8-12-10(6-11(13)16)7-14(19)17-12/h6,8-9H,7,16H2,1-5H3,(H,17,19). The summed E-state index contributed by atoms with van der Waals surface area (Å²) in [5, 5.41) is 2.88. The molecular weight excluding hydrogens is 238 g/mol. The lowest BCUT2D eigenvalue weighted by atomic mass is 9.87. The van der Waals surface area contributed by atoms with Gasteiger partial charge >= 0.3 is 0 Å². The minimum absolute atomic E-state index is 0.0399. The molecule has 1 heterocycles. The number of amides is 1. The second-order valence-corrected chi connectivity index (χ2v) is 6.45. The average molecular weight is 261 g/mol. The van der Waals surface area contributed by atoms with Gasteiger partial charge in [-0.2, -0.15) is 0 Å². The number of carbonyl (C=O) groups excluding carboxylic acids is 1. The van der Waals surface area contributed by atoms with Crippen molar-refractivity contribution in [1.29, 1.82) is 0 Å². The van der Waals surface area contributed by atoms with Crippen LogP contribution in [0.15, 0.2) is 12.1 Å². The van der Waals surface area contributed by atoms with Crippen molar-refractivity contribution in [3.63, 3.8) is 0 Å². The molecule has 0 aliphatic carbocycles. The van der Waals surface area contributed by atoms with Crippen LogP contribution in [-0.4, -0.2) is 19.0 Å². The Morgan fingerprint density at radius 2 is 2.00 bits per heavy atom. The molecule has 1 aromatic carbocycles. The van der Waals surface area contributed by atoms with Crippen molar-refractivity contribution in [2.75, 3.05) is 23.0 Å². The van der Waals surface area contributed by atoms with Crippen molar-refractivity contribution in [3.8, 4) is 0 Å². The molecule has 0 aromatic heterocycles.